The molecular weight excluding hydrogens is 410 g/mol. The second-order valence-corrected chi connectivity index (χ2v) is 10.7. The van der Waals surface area contributed by atoms with Gasteiger partial charge in [0.25, 0.3) is 0 Å². The van der Waals surface area contributed by atoms with E-state index in [1.807, 2.05) is 0 Å². The summed E-state index contributed by atoms with van der Waals surface area (Å²) in [4.78, 5) is 0. The Morgan fingerprint density at radius 2 is 1.38 bits per heavy atom. The number of hydrogen-bond acceptors (Lipinski definition) is 0. The van der Waals surface area contributed by atoms with Crippen LogP contribution in [0.4, 0.5) is 0 Å². The van der Waals surface area contributed by atoms with Gasteiger partial charge in [0.1, 0.15) is 0 Å². The van der Waals surface area contributed by atoms with Gasteiger partial charge in [-0.1, -0.05) is 87.5 Å². The van der Waals surface area contributed by atoms with Crippen molar-refractivity contribution in [3.8, 4) is 16.8 Å². The Morgan fingerprint density at radius 1 is 0.618 bits per heavy atom. The number of rotatable bonds is 1. The lowest BCUT2D eigenvalue weighted by Gasteiger charge is -2.19. The zero-order chi connectivity index (χ0) is 23.0. The molecule has 0 radical (unpaired) electrons. The van der Waals surface area contributed by atoms with Gasteiger partial charge in [-0.15, -0.1) is 0 Å². The molecule has 0 unspecified atom stereocenters. The van der Waals surface area contributed by atoms with Gasteiger partial charge in [-0.3, -0.25) is 0 Å². The lowest BCUT2D eigenvalue weighted by molar-refractivity contribution is 0.590. The summed E-state index contributed by atoms with van der Waals surface area (Å²) in [5.41, 5.74) is 10.9. The van der Waals surface area contributed by atoms with Crippen molar-refractivity contribution >= 4 is 32.6 Å². The summed E-state index contributed by atoms with van der Waals surface area (Å²) in [5.74, 6) is 0. The van der Waals surface area contributed by atoms with Crippen LogP contribution in [-0.4, -0.2) is 4.57 Å². The summed E-state index contributed by atoms with van der Waals surface area (Å²) in [7, 11) is 0. The molecule has 1 nitrogen and oxygen atoms in total. The Hall–Kier alpha value is -3.84. The van der Waals surface area contributed by atoms with E-state index in [4.69, 9.17) is 0 Å². The molecule has 0 atom stereocenters. The van der Waals surface area contributed by atoms with Crippen LogP contribution in [0, 0.1) is 0 Å². The normalized spacial score (nSPS) is 13.0. The van der Waals surface area contributed by atoms with Gasteiger partial charge in [-0.2, -0.15) is 0 Å². The van der Waals surface area contributed by atoms with Gasteiger partial charge < -0.3 is 4.57 Å². The molecule has 1 aromatic heterocycles. The summed E-state index contributed by atoms with van der Waals surface area (Å²) in [6.07, 6.45) is 1.01. The SMILES string of the molecule is CC(C)(C)c1ccc(-n2c3cc4c(cc3c3c5ccccc5ccc32)Cc2ccccc2-4)cc1. The molecular formula is C33H27N. The Labute approximate surface area is 200 Å². The van der Waals surface area contributed by atoms with Crippen LogP contribution in [0.1, 0.15) is 37.5 Å². The number of benzene rings is 5. The first-order valence-electron chi connectivity index (χ1n) is 12.2. The van der Waals surface area contributed by atoms with Crippen molar-refractivity contribution in [2.24, 2.45) is 0 Å². The van der Waals surface area contributed by atoms with Crippen LogP contribution in [0.2, 0.25) is 0 Å². The minimum absolute atomic E-state index is 0.139. The van der Waals surface area contributed by atoms with E-state index in [9.17, 15) is 0 Å². The monoisotopic (exact) mass is 437 g/mol. The molecule has 5 aromatic carbocycles. The van der Waals surface area contributed by atoms with Crippen molar-refractivity contribution in [1.82, 2.24) is 4.57 Å². The van der Waals surface area contributed by atoms with Gasteiger partial charge in [0.2, 0.25) is 0 Å². The molecule has 0 bridgehead atoms. The third-order valence-corrected chi connectivity index (χ3v) is 7.56. The van der Waals surface area contributed by atoms with Crippen LogP contribution in [0.25, 0.3) is 49.4 Å². The van der Waals surface area contributed by atoms with E-state index in [0.29, 0.717) is 0 Å². The van der Waals surface area contributed by atoms with Crippen LogP contribution in [0.5, 0.6) is 0 Å². The van der Waals surface area contributed by atoms with E-state index in [-0.39, 0.29) is 5.41 Å². The molecule has 1 aliphatic carbocycles. The third kappa shape index (κ3) is 2.73. The highest BCUT2D eigenvalue weighted by molar-refractivity contribution is 6.22. The number of nitrogens with zero attached hydrogens (tertiary/aromatic N) is 1. The predicted octanol–water partition coefficient (Wildman–Crippen LogP) is 8.81. The predicted molar refractivity (Wildman–Crippen MR) is 145 cm³/mol. The zero-order valence-corrected chi connectivity index (χ0v) is 19.9. The lowest BCUT2D eigenvalue weighted by Crippen LogP contribution is -2.10. The average molecular weight is 438 g/mol. The number of fused-ring (bicyclic) bond motifs is 8. The maximum Gasteiger partial charge on any atom is 0.0547 e. The van der Waals surface area contributed by atoms with Crippen molar-refractivity contribution < 1.29 is 0 Å². The Bertz CT molecular complexity index is 1740. The molecule has 7 rings (SSSR count). The summed E-state index contributed by atoms with van der Waals surface area (Å²) >= 11 is 0. The fourth-order valence-corrected chi connectivity index (χ4v) is 5.81. The molecule has 0 amide bonds. The topological polar surface area (TPSA) is 4.93 Å². The second-order valence-electron chi connectivity index (χ2n) is 10.7. The first kappa shape index (κ1) is 19.6. The molecule has 1 heterocycles. The largest absolute Gasteiger partial charge is 0.309 e. The standard InChI is InChI=1S/C33H27N/c1-33(2,3)24-13-15-25(16-14-24)34-30-17-12-21-8-4-7-11-27(21)32(30)29-19-23-18-22-9-5-6-10-26(22)28(23)20-31(29)34/h4-17,19-20H,18H2,1-3H3. The quantitative estimate of drug-likeness (QED) is 0.242. The molecule has 0 N–H and O–H groups in total. The van der Waals surface area contributed by atoms with Gasteiger partial charge >= 0.3 is 0 Å². The van der Waals surface area contributed by atoms with Crippen molar-refractivity contribution in [2.75, 3.05) is 0 Å². The van der Waals surface area contributed by atoms with Gasteiger partial charge in [0.15, 0.2) is 0 Å². The average Bonchev–Trinajstić information content (AvgIpc) is 3.37. The summed E-state index contributed by atoms with van der Waals surface area (Å²) in [6, 6.07) is 36.2. The number of aromatic nitrogens is 1. The van der Waals surface area contributed by atoms with Crippen LogP contribution in [-0.2, 0) is 11.8 Å². The van der Waals surface area contributed by atoms with Crippen molar-refractivity contribution in [3.63, 3.8) is 0 Å². The maximum absolute atomic E-state index is 2.46. The molecule has 164 valence electrons. The van der Waals surface area contributed by atoms with Gasteiger partial charge in [0.05, 0.1) is 11.0 Å². The minimum Gasteiger partial charge on any atom is -0.309 e. The Balaban J connectivity index is 1.60. The molecule has 0 aliphatic heterocycles. The van der Waals surface area contributed by atoms with Gasteiger partial charge in [-0.25, -0.2) is 0 Å². The van der Waals surface area contributed by atoms with E-state index in [1.165, 1.54) is 66.1 Å². The smallest absolute Gasteiger partial charge is 0.0547 e. The fraction of sp³-hybridized carbons (Fsp3) is 0.152. The highest BCUT2D eigenvalue weighted by Gasteiger charge is 2.23. The van der Waals surface area contributed by atoms with Crippen LogP contribution in [0.15, 0.2) is 97.1 Å². The highest BCUT2D eigenvalue weighted by Crippen LogP contribution is 2.43. The minimum atomic E-state index is 0.139. The summed E-state index contributed by atoms with van der Waals surface area (Å²) < 4.78 is 2.46. The molecule has 6 aromatic rings. The van der Waals surface area contributed by atoms with Crippen molar-refractivity contribution in [3.05, 3.63) is 114 Å². The zero-order valence-electron chi connectivity index (χ0n) is 19.9. The highest BCUT2D eigenvalue weighted by atomic mass is 15.0. The van der Waals surface area contributed by atoms with E-state index < -0.39 is 0 Å². The fourth-order valence-electron chi connectivity index (χ4n) is 5.81. The molecule has 34 heavy (non-hydrogen) atoms. The third-order valence-electron chi connectivity index (χ3n) is 7.56. The summed E-state index contributed by atoms with van der Waals surface area (Å²) in [5, 5.41) is 5.32. The molecule has 1 aliphatic rings. The number of hydrogen-bond donors (Lipinski definition) is 0. The molecule has 0 saturated heterocycles. The molecule has 0 saturated carbocycles. The molecule has 1 heteroatoms. The van der Waals surface area contributed by atoms with Crippen LogP contribution in [0.3, 0.4) is 0 Å². The van der Waals surface area contributed by atoms with Crippen molar-refractivity contribution in [2.45, 2.75) is 32.6 Å². The van der Waals surface area contributed by atoms with E-state index in [2.05, 4.69) is 122 Å². The first-order chi connectivity index (χ1) is 16.5. The van der Waals surface area contributed by atoms with Gasteiger partial charge in [-0.05, 0) is 80.8 Å². The van der Waals surface area contributed by atoms with E-state index in [1.54, 1.807) is 0 Å². The molecule has 0 spiro atoms. The van der Waals surface area contributed by atoms with E-state index >= 15 is 0 Å². The first-order valence-corrected chi connectivity index (χ1v) is 12.2. The van der Waals surface area contributed by atoms with Crippen molar-refractivity contribution in [1.29, 1.82) is 0 Å². The summed E-state index contributed by atoms with van der Waals surface area (Å²) in [6.45, 7) is 6.82. The molecule has 0 fully saturated rings. The van der Waals surface area contributed by atoms with Gasteiger partial charge in [0, 0.05) is 16.5 Å². The van der Waals surface area contributed by atoms with Crippen LogP contribution < -0.4 is 0 Å². The Morgan fingerprint density at radius 3 is 2.21 bits per heavy atom. The maximum atomic E-state index is 2.46. The van der Waals surface area contributed by atoms with Crippen LogP contribution >= 0.6 is 0 Å². The van der Waals surface area contributed by atoms with E-state index in [0.717, 1.165) is 6.42 Å². The Kier molecular flexibility index (Phi) is 3.94. The second kappa shape index (κ2) is 6.84. The lowest BCUT2D eigenvalue weighted by atomic mass is 9.87.